The van der Waals surface area contributed by atoms with Gasteiger partial charge in [0.1, 0.15) is 5.75 Å². The molecular formula is C25H28N2O5S. The second kappa shape index (κ2) is 9.51. The Morgan fingerprint density at radius 1 is 1.03 bits per heavy atom. The highest BCUT2D eigenvalue weighted by atomic mass is 32.2. The van der Waals surface area contributed by atoms with Crippen LogP contribution in [0, 0.1) is 0 Å². The Balaban J connectivity index is 1.47. The molecule has 0 spiro atoms. The zero-order chi connectivity index (χ0) is 23.6. The van der Waals surface area contributed by atoms with E-state index in [0.29, 0.717) is 12.1 Å². The van der Waals surface area contributed by atoms with Gasteiger partial charge in [-0.15, -0.1) is 0 Å². The predicted octanol–water partition coefficient (Wildman–Crippen LogP) is 3.58. The van der Waals surface area contributed by atoms with Crippen LogP contribution in [0.2, 0.25) is 0 Å². The van der Waals surface area contributed by atoms with Crippen molar-refractivity contribution in [3.8, 4) is 5.75 Å². The van der Waals surface area contributed by atoms with Crippen molar-refractivity contribution in [2.75, 3.05) is 20.2 Å². The van der Waals surface area contributed by atoms with E-state index in [1.54, 1.807) is 19.2 Å². The molecule has 174 valence electrons. The molecule has 3 aromatic rings. The molecule has 1 amide bonds. The van der Waals surface area contributed by atoms with Crippen molar-refractivity contribution in [2.24, 2.45) is 0 Å². The lowest BCUT2D eigenvalue weighted by Crippen LogP contribution is -2.48. The molecule has 1 heterocycles. The number of carbonyl (C=O) groups excluding carboxylic acids is 1. The molecule has 2 atom stereocenters. The molecule has 0 bridgehead atoms. The first-order valence-corrected chi connectivity index (χ1v) is 12.3. The van der Waals surface area contributed by atoms with Gasteiger partial charge in [-0.05, 0) is 66.6 Å². The van der Waals surface area contributed by atoms with E-state index >= 15 is 0 Å². The summed E-state index contributed by atoms with van der Waals surface area (Å²) in [6.45, 7) is 4.61. The molecule has 2 unspecified atom stereocenters. The van der Waals surface area contributed by atoms with E-state index < -0.39 is 10.0 Å². The molecule has 0 aliphatic carbocycles. The van der Waals surface area contributed by atoms with Crippen LogP contribution in [0.5, 0.6) is 5.75 Å². The van der Waals surface area contributed by atoms with E-state index in [2.05, 4.69) is 5.32 Å². The smallest absolute Gasteiger partial charge is 0.251 e. The van der Waals surface area contributed by atoms with Gasteiger partial charge in [-0.25, -0.2) is 8.42 Å². The Morgan fingerprint density at radius 3 is 2.45 bits per heavy atom. The van der Waals surface area contributed by atoms with E-state index in [1.165, 1.54) is 16.4 Å². The van der Waals surface area contributed by atoms with Crippen molar-refractivity contribution < 1.29 is 22.7 Å². The SMILES string of the molecule is COc1ccc2cc(CNC(=O)c3cccc(S(=O)(=O)N4CC(C)OC(C)C4)c3)ccc2c1. The van der Waals surface area contributed by atoms with E-state index in [0.717, 1.165) is 22.1 Å². The highest BCUT2D eigenvalue weighted by molar-refractivity contribution is 7.89. The second-order valence-corrected chi connectivity index (χ2v) is 10.3. The van der Waals surface area contributed by atoms with Crippen LogP contribution in [0.4, 0.5) is 0 Å². The van der Waals surface area contributed by atoms with E-state index in [9.17, 15) is 13.2 Å². The Kier molecular flexibility index (Phi) is 6.69. The van der Waals surface area contributed by atoms with Gasteiger partial charge >= 0.3 is 0 Å². The molecule has 7 nitrogen and oxygen atoms in total. The van der Waals surface area contributed by atoms with Crippen LogP contribution in [0.1, 0.15) is 29.8 Å². The lowest BCUT2D eigenvalue weighted by molar-refractivity contribution is -0.0440. The van der Waals surface area contributed by atoms with Gasteiger partial charge in [-0.2, -0.15) is 4.31 Å². The Hall–Kier alpha value is -2.94. The standard InChI is InChI=1S/C25H28N2O5S/c1-17-15-27(16-18(2)32-17)33(29,30)24-6-4-5-22(13-24)25(28)26-14-19-7-8-21-12-23(31-3)10-9-20(21)11-19/h4-13,17-18H,14-16H2,1-3H3,(H,26,28). The van der Waals surface area contributed by atoms with Crippen molar-refractivity contribution in [2.45, 2.75) is 37.5 Å². The predicted molar refractivity (Wildman–Crippen MR) is 127 cm³/mol. The number of hydrogen-bond acceptors (Lipinski definition) is 5. The monoisotopic (exact) mass is 468 g/mol. The van der Waals surface area contributed by atoms with Gasteiger partial charge in [-0.1, -0.05) is 24.3 Å². The summed E-state index contributed by atoms with van der Waals surface area (Å²) in [7, 11) is -2.09. The number of methoxy groups -OCH3 is 1. The number of amides is 1. The summed E-state index contributed by atoms with van der Waals surface area (Å²) >= 11 is 0. The molecule has 33 heavy (non-hydrogen) atoms. The molecular weight excluding hydrogens is 440 g/mol. The Morgan fingerprint density at radius 2 is 1.73 bits per heavy atom. The van der Waals surface area contributed by atoms with Gasteiger partial charge < -0.3 is 14.8 Å². The molecule has 0 aromatic heterocycles. The largest absolute Gasteiger partial charge is 0.497 e. The van der Waals surface area contributed by atoms with Crippen molar-refractivity contribution >= 4 is 26.7 Å². The number of nitrogens with one attached hydrogen (secondary N) is 1. The third-order valence-corrected chi connectivity index (χ3v) is 7.51. The number of sulfonamides is 1. The summed E-state index contributed by atoms with van der Waals surface area (Å²) in [5.74, 6) is 0.463. The minimum Gasteiger partial charge on any atom is -0.497 e. The number of morpholine rings is 1. The molecule has 3 aromatic carbocycles. The average molecular weight is 469 g/mol. The number of carbonyl (C=O) groups is 1. The van der Waals surface area contributed by atoms with Gasteiger partial charge in [0.25, 0.3) is 5.91 Å². The number of ether oxygens (including phenoxy) is 2. The first-order chi connectivity index (χ1) is 15.8. The molecule has 1 N–H and O–H groups in total. The minimum absolute atomic E-state index is 0.108. The van der Waals surface area contributed by atoms with Crippen LogP contribution >= 0.6 is 0 Å². The molecule has 8 heteroatoms. The minimum atomic E-state index is -3.72. The van der Waals surface area contributed by atoms with Crippen molar-refractivity contribution in [1.29, 1.82) is 0 Å². The van der Waals surface area contributed by atoms with Gasteiger partial charge in [0.05, 0.1) is 24.2 Å². The van der Waals surface area contributed by atoms with Gasteiger partial charge in [0.15, 0.2) is 0 Å². The summed E-state index contributed by atoms with van der Waals surface area (Å²) < 4.78 is 38.6. The number of fused-ring (bicyclic) bond motifs is 1. The third-order valence-electron chi connectivity index (χ3n) is 5.68. The van der Waals surface area contributed by atoms with E-state index in [4.69, 9.17) is 9.47 Å². The average Bonchev–Trinajstić information content (AvgIpc) is 2.81. The van der Waals surface area contributed by atoms with Crippen molar-refractivity contribution in [1.82, 2.24) is 9.62 Å². The molecule has 1 fully saturated rings. The van der Waals surface area contributed by atoms with Crippen LogP contribution in [0.15, 0.2) is 65.6 Å². The Bertz CT molecular complexity index is 1260. The summed E-state index contributed by atoms with van der Waals surface area (Å²) in [6, 6.07) is 17.9. The maximum Gasteiger partial charge on any atom is 0.251 e. The van der Waals surface area contributed by atoms with Crippen LogP contribution in [-0.4, -0.2) is 51.0 Å². The quantitative estimate of drug-likeness (QED) is 0.598. The van der Waals surface area contributed by atoms with E-state index in [-0.39, 0.29) is 36.1 Å². The molecule has 4 rings (SSSR count). The van der Waals surface area contributed by atoms with E-state index in [1.807, 2.05) is 50.2 Å². The maximum atomic E-state index is 13.1. The zero-order valence-corrected chi connectivity index (χ0v) is 19.8. The fourth-order valence-electron chi connectivity index (χ4n) is 4.07. The summed E-state index contributed by atoms with van der Waals surface area (Å²) in [6.07, 6.45) is -0.365. The summed E-state index contributed by atoms with van der Waals surface area (Å²) in [5.41, 5.74) is 1.25. The van der Waals surface area contributed by atoms with Crippen molar-refractivity contribution in [3.63, 3.8) is 0 Å². The number of rotatable bonds is 6. The molecule has 1 aliphatic rings. The van der Waals surface area contributed by atoms with Gasteiger partial charge in [-0.3, -0.25) is 4.79 Å². The summed E-state index contributed by atoms with van der Waals surface area (Å²) in [5, 5.41) is 4.98. The highest BCUT2D eigenvalue weighted by Crippen LogP contribution is 2.23. The number of nitrogens with zero attached hydrogens (tertiary/aromatic N) is 1. The first kappa shape index (κ1) is 23.2. The fraction of sp³-hybridized carbons (Fsp3) is 0.320. The van der Waals surface area contributed by atoms with Crippen LogP contribution in [-0.2, 0) is 21.3 Å². The Labute approximate surface area is 194 Å². The fourth-order valence-corrected chi connectivity index (χ4v) is 5.71. The topological polar surface area (TPSA) is 84.9 Å². The molecule has 1 saturated heterocycles. The third kappa shape index (κ3) is 5.19. The number of benzene rings is 3. The summed E-state index contributed by atoms with van der Waals surface area (Å²) in [4.78, 5) is 12.9. The number of hydrogen-bond donors (Lipinski definition) is 1. The molecule has 0 saturated carbocycles. The van der Waals surface area contributed by atoms with Gasteiger partial charge in [0, 0.05) is 25.2 Å². The molecule has 1 aliphatic heterocycles. The first-order valence-electron chi connectivity index (χ1n) is 10.9. The maximum absolute atomic E-state index is 13.1. The van der Waals surface area contributed by atoms with Gasteiger partial charge in [0.2, 0.25) is 10.0 Å². The lowest BCUT2D eigenvalue weighted by atomic mass is 10.1. The second-order valence-electron chi connectivity index (χ2n) is 8.34. The van der Waals surface area contributed by atoms with Crippen LogP contribution in [0.3, 0.4) is 0 Å². The van der Waals surface area contributed by atoms with Crippen LogP contribution < -0.4 is 10.1 Å². The molecule has 0 radical (unpaired) electrons. The lowest BCUT2D eigenvalue weighted by Gasteiger charge is -2.34. The highest BCUT2D eigenvalue weighted by Gasteiger charge is 2.32. The van der Waals surface area contributed by atoms with Crippen molar-refractivity contribution in [3.05, 3.63) is 71.8 Å². The van der Waals surface area contributed by atoms with Crippen LogP contribution in [0.25, 0.3) is 10.8 Å². The normalized spacial score (nSPS) is 19.4. The zero-order valence-electron chi connectivity index (χ0n) is 18.9.